The summed E-state index contributed by atoms with van der Waals surface area (Å²) in [6, 6.07) is 16.5. The average molecular weight is 255 g/mol. The van der Waals surface area contributed by atoms with Crippen LogP contribution in [-0.4, -0.2) is 6.04 Å². The van der Waals surface area contributed by atoms with Crippen LogP contribution >= 0.6 is 0 Å². The highest BCUT2D eigenvalue weighted by molar-refractivity contribution is 5.36. The quantitative estimate of drug-likeness (QED) is 0.878. The molecule has 2 aromatic carbocycles. The zero-order chi connectivity index (χ0) is 13.7. The molecule has 0 heterocycles. The molecule has 0 radical (unpaired) electrons. The molecule has 19 heavy (non-hydrogen) atoms. The van der Waals surface area contributed by atoms with Gasteiger partial charge >= 0.3 is 0 Å². The van der Waals surface area contributed by atoms with Gasteiger partial charge in [-0.15, -0.1) is 0 Å². The van der Waals surface area contributed by atoms with Gasteiger partial charge in [0.2, 0.25) is 0 Å². The first kappa shape index (κ1) is 13.6. The van der Waals surface area contributed by atoms with Gasteiger partial charge in [-0.3, -0.25) is 0 Å². The van der Waals surface area contributed by atoms with Crippen LogP contribution in [-0.2, 0) is 12.8 Å². The van der Waals surface area contributed by atoms with Crippen LogP contribution in [0.25, 0.3) is 0 Å². The number of ether oxygens (including phenoxy) is 1. The van der Waals surface area contributed by atoms with Gasteiger partial charge in [-0.1, -0.05) is 31.2 Å². The van der Waals surface area contributed by atoms with E-state index in [1.54, 1.807) is 0 Å². The SMILES string of the molecule is CCc1cccc(Oc2cccc(CC(C)N)c2)c1. The third kappa shape index (κ3) is 4.11. The minimum Gasteiger partial charge on any atom is -0.457 e. The highest BCUT2D eigenvalue weighted by Crippen LogP contribution is 2.23. The Morgan fingerprint density at radius 1 is 1.00 bits per heavy atom. The molecule has 2 heteroatoms. The zero-order valence-electron chi connectivity index (χ0n) is 11.6. The van der Waals surface area contributed by atoms with Crippen molar-refractivity contribution in [3.8, 4) is 11.5 Å². The summed E-state index contributed by atoms with van der Waals surface area (Å²) in [6.07, 6.45) is 1.88. The monoisotopic (exact) mass is 255 g/mol. The van der Waals surface area contributed by atoms with Gasteiger partial charge in [-0.2, -0.15) is 0 Å². The molecule has 100 valence electrons. The molecule has 0 aliphatic carbocycles. The van der Waals surface area contributed by atoms with E-state index in [2.05, 4.69) is 31.2 Å². The Hall–Kier alpha value is -1.80. The lowest BCUT2D eigenvalue weighted by Crippen LogP contribution is -2.17. The van der Waals surface area contributed by atoms with Gasteiger partial charge in [0.05, 0.1) is 0 Å². The maximum absolute atomic E-state index is 5.90. The fourth-order valence-corrected chi connectivity index (χ4v) is 2.07. The molecule has 0 fully saturated rings. The number of hydrogen-bond donors (Lipinski definition) is 1. The van der Waals surface area contributed by atoms with Crippen molar-refractivity contribution in [1.29, 1.82) is 0 Å². The van der Waals surface area contributed by atoms with Crippen LogP contribution in [0.1, 0.15) is 25.0 Å². The molecule has 1 unspecified atom stereocenters. The van der Waals surface area contributed by atoms with Crippen LogP contribution in [0, 0.1) is 0 Å². The summed E-state index contributed by atoms with van der Waals surface area (Å²) in [5, 5.41) is 0. The molecule has 0 aromatic heterocycles. The lowest BCUT2D eigenvalue weighted by Gasteiger charge is -2.10. The minimum atomic E-state index is 0.165. The first-order valence-corrected chi connectivity index (χ1v) is 6.78. The van der Waals surface area contributed by atoms with Crippen LogP contribution in [0.3, 0.4) is 0 Å². The number of hydrogen-bond acceptors (Lipinski definition) is 2. The van der Waals surface area contributed by atoms with E-state index in [-0.39, 0.29) is 6.04 Å². The van der Waals surface area contributed by atoms with Gasteiger partial charge in [0, 0.05) is 6.04 Å². The van der Waals surface area contributed by atoms with Crippen molar-refractivity contribution in [2.45, 2.75) is 32.7 Å². The Morgan fingerprint density at radius 2 is 1.58 bits per heavy atom. The van der Waals surface area contributed by atoms with Crippen molar-refractivity contribution >= 4 is 0 Å². The first-order valence-electron chi connectivity index (χ1n) is 6.78. The lowest BCUT2D eigenvalue weighted by atomic mass is 10.1. The molecule has 2 nitrogen and oxygen atoms in total. The summed E-state index contributed by atoms with van der Waals surface area (Å²) in [5.74, 6) is 1.75. The van der Waals surface area contributed by atoms with Crippen LogP contribution in [0.15, 0.2) is 48.5 Å². The van der Waals surface area contributed by atoms with Gasteiger partial charge < -0.3 is 10.5 Å². The zero-order valence-corrected chi connectivity index (χ0v) is 11.6. The fourth-order valence-electron chi connectivity index (χ4n) is 2.07. The Bertz CT molecular complexity index is 534. The second-order valence-corrected chi connectivity index (χ2v) is 4.93. The Morgan fingerprint density at radius 3 is 2.16 bits per heavy atom. The summed E-state index contributed by atoms with van der Waals surface area (Å²) in [7, 11) is 0. The van der Waals surface area contributed by atoms with Crippen molar-refractivity contribution in [2.75, 3.05) is 0 Å². The van der Waals surface area contributed by atoms with E-state index in [1.165, 1.54) is 11.1 Å². The van der Waals surface area contributed by atoms with E-state index in [1.807, 2.05) is 31.2 Å². The third-order valence-corrected chi connectivity index (χ3v) is 3.00. The average Bonchev–Trinajstić information content (AvgIpc) is 2.38. The van der Waals surface area contributed by atoms with E-state index in [4.69, 9.17) is 10.5 Å². The highest BCUT2D eigenvalue weighted by atomic mass is 16.5. The molecule has 0 bridgehead atoms. The third-order valence-electron chi connectivity index (χ3n) is 3.00. The number of rotatable bonds is 5. The Balaban J connectivity index is 2.13. The molecule has 0 aliphatic rings. The molecular weight excluding hydrogens is 234 g/mol. The summed E-state index contributed by atoms with van der Waals surface area (Å²) in [5.41, 5.74) is 8.31. The molecule has 0 aliphatic heterocycles. The summed E-state index contributed by atoms with van der Waals surface area (Å²) in [6.45, 7) is 4.15. The smallest absolute Gasteiger partial charge is 0.127 e. The fraction of sp³-hybridized carbons (Fsp3) is 0.294. The van der Waals surface area contributed by atoms with Crippen molar-refractivity contribution in [1.82, 2.24) is 0 Å². The molecule has 0 spiro atoms. The van der Waals surface area contributed by atoms with Crippen molar-refractivity contribution in [3.05, 3.63) is 59.7 Å². The van der Waals surface area contributed by atoms with E-state index < -0.39 is 0 Å². The first-order chi connectivity index (χ1) is 9.17. The van der Waals surface area contributed by atoms with Gasteiger partial charge in [0.1, 0.15) is 11.5 Å². The Kier molecular flexibility index (Phi) is 4.58. The number of nitrogens with two attached hydrogens (primary N) is 1. The predicted octanol–water partition coefficient (Wildman–Crippen LogP) is 3.93. The molecule has 2 N–H and O–H groups in total. The molecule has 2 rings (SSSR count). The molecule has 0 saturated carbocycles. The van der Waals surface area contributed by atoms with Crippen LogP contribution in [0.2, 0.25) is 0 Å². The lowest BCUT2D eigenvalue weighted by molar-refractivity contribution is 0.481. The van der Waals surface area contributed by atoms with E-state index in [0.29, 0.717) is 0 Å². The van der Waals surface area contributed by atoms with Crippen LogP contribution < -0.4 is 10.5 Å². The second-order valence-electron chi connectivity index (χ2n) is 4.93. The van der Waals surface area contributed by atoms with Crippen LogP contribution in [0.4, 0.5) is 0 Å². The maximum atomic E-state index is 5.90. The van der Waals surface area contributed by atoms with Gasteiger partial charge in [0.15, 0.2) is 0 Å². The standard InChI is InChI=1S/C17H21NO/c1-3-14-6-4-8-16(11-14)19-17-9-5-7-15(12-17)10-13(2)18/h4-9,11-13H,3,10,18H2,1-2H3. The topological polar surface area (TPSA) is 35.2 Å². The van der Waals surface area contributed by atoms with E-state index in [0.717, 1.165) is 24.3 Å². The molecular formula is C17H21NO. The molecule has 0 amide bonds. The number of aryl methyl sites for hydroxylation is 1. The Labute approximate surface area is 115 Å². The van der Waals surface area contributed by atoms with Gasteiger partial charge in [0.25, 0.3) is 0 Å². The summed E-state index contributed by atoms with van der Waals surface area (Å²) in [4.78, 5) is 0. The summed E-state index contributed by atoms with van der Waals surface area (Å²) >= 11 is 0. The van der Waals surface area contributed by atoms with Crippen molar-refractivity contribution in [3.63, 3.8) is 0 Å². The molecule has 2 aromatic rings. The normalized spacial score (nSPS) is 12.2. The minimum absolute atomic E-state index is 0.165. The van der Waals surface area contributed by atoms with E-state index in [9.17, 15) is 0 Å². The highest BCUT2D eigenvalue weighted by Gasteiger charge is 2.02. The van der Waals surface area contributed by atoms with Crippen molar-refractivity contribution in [2.24, 2.45) is 5.73 Å². The molecule has 0 saturated heterocycles. The largest absolute Gasteiger partial charge is 0.457 e. The number of benzene rings is 2. The van der Waals surface area contributed by atoms with Crippen molar-refractivity contribution < 1.29 is 4.74 Å². The maximum Gasteiger partial charge on any atom is 0.127 e. The predicted molar refractivity (Wildman–Crippen MR) is 79.7 cm³/mol. The second kappa shape index (κ2) is 6.39. The van der Waals surface area contributed by atoms with Crippen LogP contribution in [0.5, 0.6) is 11.5 Å². The van der Waals surface area contributed by atoms with Gasteiger partial charge in [-0.05, 0) is 55.2 Å². The van der Waals surface area contributed by atoms with E-state index >= 15 is 0 Å². The summed E-state index contributed by atoms with van der Waals surface area (Å²) < 4.78 is 5.90. The molecule has 1 atom stereocenters. The van der Waals surface area contributed by atoms with Gasteiger partial charge in [-0.25, -0.2) is 0 Å².